The van der Waals surface area contributed by atoms with Crippen molar-refractivity contribution in [2.45, 2.75) is 13.0 Å². The zero-order valence-electron chi connectivity index (χ0n) is 10.7. The molecule has 0 aliphatic heterocycles. The van der Waals surface area contributed by atoms with Crippen molar-refractivity contribution in [3.63, 3.8) is 0 Å². The first-order valence-electron chi connectivity index (χ1n) is 5.64. The molecule has 0 aliphatic carbocycles. The Bertz CT molecular complexity index is 627. The van der Waals surface area contributed by atoms with E-state index in [1.807, 2.05) is 0 Å². The van der Waals surface area contributed by atoms with Crippen LogP contribution in [0.5, 0.6) is 0 Å². The number of nitrogens with zero attached hydrogens (tertiary/aromatic N) is 3. The zero-order valence-corrected chi connectivity index (χ0v) is 13.0. The highest BCUT2D eigenvalue weighted by Gasteiger charge is 2.20. The first kappa shape index (κ1) is 15.0. The molecule has 0 radical (unpaired) electrons. The number of likely N-dealkylation sites (N-methyl/N-ethyl adjacent to an activating group) is 1. The molecule has 2 rings (SSSR count). The lowest BCUT2D eigenvalue weighted by atomic mass is 10.2. The number of halogens is 2. The minimum atomic E-state index is -0.921. The van der Waals surface area contributed by atoms with Gasteiger partial charge in [0, 0.05) is 22.7 Å². The van der Waals surface area contributed by atoms with Gasteiger partial charge in [-0.3, -0.25) is 0 Å². The molecule has 0 amide bonds. The van der Waals surface area contributed by atoms with Crippen LogP contribution in [0.1, 0.15) is 6.92 Å². The summed E-state index contributed by atoms with van der Waals surface area (Å²) in [5.74, 6) is -0.921. The smallest absolute Gasteiger partial charge is 0.326 e. The minimum absolute atomic E-state index is 0.511. The summed E-state index contributed by atoms with van der Waals surface area (Å²) in [5, 5.41) is 19.2. The normalized spacial score (nSPS) is 12.2. The van der Waals surface area contributed by atoms with Gasteiger partial charge in [-0.05, 0) is 25.1 Å². The standard InChI is InChI=1S/C12H11Cl2N3O2S/c1-6(11(18)19)17(2)12-16-15-10(20-12)7-3-8(13)5-9(14)4-7/h3-6H,1-2H3,(H,18,19). The maximum atomic E-state index is 11.0. The Morgan fingerprint density at radius 3 is 2.45 bits per heavy atom. The molecule has 0 saturated carbocycles. The first-order valence-corrected chi connectivity index (χ1v) is 7.21. The molecule has 2 aromatic rings. The molecular weight excluding hydrogens is 321 g/mol. The van der Waals surface area contributed by atoms with Crippen LogP contribution >= 0.6 is 34.5 Å². The largest absolute Gasteiger partial charge is 0.480 e. The molecular formula is C12H11Cl2N3O2S. The van der Waals surface area contributed by atoms with Gasteiger partial charge in [0.05, 0.1) is 0 Å². The van der Waals surface area contributed by atoms with Crippen molar-refractivity contribution >= 4 is 45.6 Å². The fraction of sp³-hybridized carbons (Fsp3) is 0.250. The van der Waals surface area contributed by atoms with Crippen molar-refractivity contribution in [3.05, 3.63) is 28.2 Å². The molecule has 106 valence electrons. The Morgan fingerprint density at radius 2 is 1.90 bits per heavy atom. The number of rotatable bonds is 4. The molecule has 1 unspecified atom stereocenters. The van der Waals surface area contributed by atoms with Crippen LogP contribution in [0.4, 0.5) is 5.13 Å². The fourth-order valence-electron chi connectivity index (χ4n) is 1.48. The van der Waals surface area contributed by atoms with Crippen LogP contribution in [0.25, 0.3) is 10.6 Å². The SMILES string of the molecule is CC(C(=O)O)N(C)c1nnc(-c2cc(Cl)cc(Cl)c2)s1. The molecule has 8 heteroatoms. The third kappa shape index (κ3) is 3.20. The Kier molecular flexibility index (Phi) is 4.47. The zero-order chi connectivity index (χ0) is 14.9. The van der Waals surface area contributed by atoms with Crippen molar-refractivity contribution in [1.82, 2.24) is 10.2 Å². The number of carboxylic acid groups (broad SMARTS) is 1. The molecule has 1 heterocycles. The van der Waals surface area contributed by atoms with Gasteiger partial charge >= 0.3 is 5.97 Å². The quantitative estimate of drug-likeness (QED) is 0.929. The van der Waals surface area contributed by atoms with Gasteiger partial charge in [0.25, 0.3) is 0 Å². The van der Waals surface area contributed by atoms with E-state index in [2.05, 4.69) is 10.2 Å². The summed E-state index contributed by atoms with van der Waals surface area (Å²) in [6, 6.07) is 4.42. The molecule has 0 aliphatic rings. The van der Waals surface area contributed by atoms with E-state index in [0.29, 0.717) is 20.2 Å². The van der Waals surface area contributed by atoms with Gasteiger partial charge in [-0.2, -0.15) is 0 Å². The summed E-state index contributed by atoms with van der Waals surface area (Å²) in [4.78, 5) is 12.5. The molecule has 5 nitrogen and oxygen atoms in total. The second-order valence-electron chi connectivity index (χ2n) is 4.17. The topological polar surface area (TPSA) is 66.3 Å². The number of hydrogen-bond donors (Lipinski definition) is 1. The van der Waals surface area contributed by atoms with Gasteiger partial charge in [-0.15, -0.1) is 10.2 Å². The van der Waals surface area contributed by atoms with Crippen LogP contribution in [0.2, 0.25) is 10.0 Å². The fourth-order valence-corrected chi connectivity index (χ4v) is 2.88. The van der Waals surface area contributed by atoms with E-state index in [0.717, 1.165) is 5.56 Å². The molecule has 0 saturated heterocycles. The van der Waals surface area contributed by atoms with Crippen LogP contribution in [0.3, 0.4) is 0 Å². The summed E-state index contributed by atoms with van der Waals surface area (Å²) in [5.41, 5.74) is 0.752. The molecule has 1 N–H and O–H groups in total. The van der Waals surface area contributed by atoms with Crippen molar-refractivity contribution in [2.75, 3.05) is 11.9 Å². The third-order valence-electron chi connectivity index (χ3n) is 2.76. The highest BCUT2D eigenvalue weighted by Crippen LogP contribution is 2.32. The van der Waals surface area contributed by atoms with Crippen molar-refractivity contribution in [3.8, 4) is 10.6 Å². The maximum absolute atomic E-state index is 11.0. The lowest BCUT2D eigenvalue weighted by Gasteiger charge is -2.19. The van der Waals surface area contributed by atoms with Crippen LogP contribution < -0.4 is 4.90 Å². The highest BCUT2D eigenvalue weighted by atomic mass is 35.5. The molecule has 0 bridgehead atoms. The Morgan fingerprint density at radius 1 is 1.30 bits per heavy atom. The van der Waals surface area contributed by atoms with E-state index < -0.39 is 12.0 Å². The van der Waals surface area contributed by atoms with E-state index in [1.54, 1.807) is 37.1 Å². The maximum Gasteiger partial charge on any atom is 0.326 e. The van der Waals surface area contributed by atoms with Crippen molar-refractivity contribution < 1.29 is 9.90 Å². The van der Waals surface area contributed by atoms with Gasteiger partial charge in [0.2, 0.25) is 5.13 Å². The van der Waals surface area contributed by atoms with Crippen LogP contribution in [-0.4, -0.2) is 34.4 Å². The predicted molar refractivity (Wildman–Crippen MR) is 80.9 cm³/mol. The summed E-state index contributed by atoms with van der Waals surface area (Å²) >= 11 is 13.2. The van der Waals surface area contributed by atoms with E-state index in [-0.39, 0.29) is 0 Å². The molecule has 1 aromatic carbocycles. The molecule has 1 aromatic heterocycles. The van der Waals surface area contributed by atoms with E-state index in [9.17, 15) is 4.79 Å². The van der Waals surface area contributed by atoms with E-state index in [4.69, 9.17) is 28.3 Å². The van der Waals surface area contributed by atoms with Gasteiger partial charge in [-0.25, -0.2) is 4.79 Å². The van der Waals surface area contributed by atoms with Gasteiger partial charge in [-0.1, -0.05) is 34.5 Å². The number of carbonyl (C=O) groups is 1. The van der Waals surface area contributed by atoms with Crippen molar-refractivity contribution in [2.24, 2.45) is 0 Å². The lowest BCUT2D eigenvalue weighted by Crippen LogP contribution is -2.35. The summed E-state index contributed by atoms with van der Waals surface area (Å²) in [7, 11) is 1.66. The minimum Gasteiger partial charge on any atom is -0.480 e. The van der Waals surface area contributed by atoms with E-state index >= 15 is 0 Å². The Labute approximate surface area is 129 Å². The number of benzene rings is 1. The summed E-state index contributed by atoms with van der Waals surface area (Å²) < 4.78 is 0. The number of anilines is 1. The molecule has 20 heavy (non-hydrogen) atoms. The average Bonchev–Trinajstić information content (AvgIpc) is 2.85. The Hall–Kier alpha value is -1.37. The second kappa shape index (κ2) is 5.95. The average molecular weight is 332 g/mol. The third-order valence-corrected chi connectivity index (χ3v) is 4.26. The first-order chi connectivity index (χ1) is 9.38. The van der Waals surface area contributed by atoms with Gasteiger partial charge < -0.3 is 10.0 Å². The van der Waals surface area contributed by atoms with Crippen LogP contribution in [0, 0.1) is 0 Å². The molecule has 1 atom stereocenters. The summed E-state index contributed by atoms with van der Waals surface area (Å²) in [6.45, 7) is 1.58. The highest BCUT2D eigenvalue weighted by molar-refractivity contribution is 7.18. The van der Waals surface area contributed by atoms with Gasteiger partial charge in [0.15, 0.2) is 0 Å². The van der Waals surface area contributed by atoms with Crippen molar-refractivity contribution in [1.29, 1.82) is 0 Å². The number of aromatic nitrogens is 2. The van der Waals surface area contributed by atoms with Gasteiger partial charge in [0.1, 0.15) is 11.0 Å². The monoisotopic (exact) mass is 331 g/mol. The van der Waals surface area contributed by atoms with Crippen LogP contribution in [-0.2, 0) is 4.79 Å². The number of hydrogen-bond acceptors (Lipinski definition) is 5. The van der Waals surface area contributed by atoms with E-state index in [1.165, 1.54) is 11.3 Å². The molecule has 0 fully saturated rings. The lowest BCUT2D eigenvalue weighted by molar-refractivity contribution is -0.138. The second-order valence-corrected chi connectivity index (χ2v) is 6.00. The number of carboxylic acids is 1. The molecule has 0 spiro atoms. The Balaban J connectivity index is 2.31. The van der Waals surface area contributed by atoms with Crippen LogP contribution in [0.15, 0.2) is 18.2 Å². The predicted octanol–water partition coefficient (Wildman–Crippen LogP) is 3.42. The number of aliphatic carboxylic acids is 1. The summed E-state index contributed by atoms with van der Waals surface area (Å²) in [6.07, 6.45) is 0.